The van der Waals surface area contributed by atoms with Gasteiger partial charge in [-0.2, -0.15) is 5.10 Å². The first-order valence-electron chi connectivity index (χ1n) is 3.50. The van der Waals surface area contributed by atoms with Gasteiger partial charge >= 0.3 is 0 Å². The van der Waals surface area contributed by atoms with E-state index in [-0.39, 0.29) is 0 Å². The van der Waals surface area contributed by atoms with Gasteiger partial charge in [0.2, 0.25) is 0 Å². The fourth-order valence-electron chi connectivity index (χ4n) is 0.636. The quantitative estimate of drug-likeness (QED) is 0.470. The van der Waals surface area contributed by atoms with Crippen LogP contribution in [0.1, 0.15) is 19.2 Å². The molecular weight excluding hydrogens is 142 g/mol. The molecule has 0 aliphatic rings. The first-order chi connectivity index (χ1) is 5.34. The van der Waals surface area contributed by atoms with Crippen molar-refractivity contribution in [3.05, 3.63) is 12.2 Å². The minimum atomic E-state index is 0.421. The summed E-state index contributed by atoms with van der Waals surface area (Å²) >= 11 is 0. The van der Waals surface area contributed by atoms with Gasteiger partial charge in [-0.15, -0.1) is 0 Å². The summed E-state index contributed by atoms with van der Waals surface area (Å²) in [5, 5.41) is 6.28. The molecule has 0 aliphatic heterocycles. The lowest BCUT2D eigenvalue weighted by Gasteiger charge is -1.92. The second-order valence-corrected chi connectivity index (χ2v) is 2.10. The van der Waals surface area contributed by atoms with E-state index in [1.807, 2.05) is 6.92 Å². The third-order valence-corrected chi connectivity index (χ3v) is 1.16. The number of aromatic nitrogens is 3. The Hall–Kier alpha value is -1.39. The maximum atomic E-state index is 5.54. The topological polar surface area (TPSA) is 79.9 Å². The largest absolute Gasteiger partial charge is 0.381 e. The molecule has 0 radical (unpaired) electrons. The Bertz CT molecular complexity index is 225. The van der Waals surface area contributed by atoms with E-state index in [9.17, 15) is 0 Å². The molecule has 1 heterocycles. The van der Waals surface area contributed by atoms with Crippen molar-refractivity contribution < 1.29 is 0 Å². The van der Waals surface area contributed by atoms with E-state index in [1.165, 1.54) is 6.33 Å². The fraction of sp³-hybridized carbons (Fsp3) is 0.500. The second-order valence-electron chi connectivity index (χ2n) is 2.10. The van der Waals surface area contributed by atoms with E-state index in [1.54, 1.807) is 0 Å². The van der Waals surface area contributed by atoms with E-state index >= 15 is 0 Å². The van der Waals surface area contributed by atoms with E-state index in [2.05, 4.69) is 20.2 Å². The number of amidine groups is 1. The second kappa shape index (κ2) is 3.70. The molecule has 0 unspecified atom stereocenters. The molecule has 1 rings (SSSR count). The van der Waals surface area contributed by atoms with Crippen molar-refractivity contribution in [3.8, 4) is 0 Å². The molecule has 0 saturated carbocycles. The highest BCUT2D eigenvalue weighted by Gasteiger charge is 1.98. The Morgan fingerprint density at radius 3 is 3.18 bits per heavy atom. The maximum Gasteiger partial charge on any atom is 0.190 e. The highest BCUT2D eigenvalue weighted by molar-refractivity contribution is 5.93. The minimum absolute atomic E-state index is 0.421. The zero-order valence-electron chi connectivity index (χ0n) is 6.41. The van der Waals surface area contributed by atoms with Crippen molar-refractivity contribution >= 4 is 5.84 Å². The normalized spacial score (nSPS) is 11.9. The average molecular weight is 153 g/mol. The van der Waals surface area contributed by atoms with Gasteiger partial charge in [0, 0.05) is 6.54 Å². The van der Waals surface area contributed by atoms with E-state index < -0.39 is 0 Å². The molecule has 0 spiro atoms. The number of nitrogens with zero attached hydrogens (tertiary/aromatic N) is 3. The molecule has 0 fully saturated rings. The van der Waals surface area contributed by atoms with Crippen molar-refractivity contribution in [2.24, 2.45) is 10.7 Å². The van der Waals surface area contributed by atoms with Crippen LogP contribution < -0.4 is 5.73 Å². The van der Waals surface area contributed by atoms with Crippen molar-refractivity contribution in [1.82, 2.24) is 15.2 Å². The van der Waals surface area contributed by atoms with Gasteiger partial charge in [0.25, 0.3) is 0 Å². The van der Waals surface area contributed by atoms with Crippen LogP contribution in [0.3, 0.4) is 0 Å². The molecule has 1 aromatic heterocycles. The molecule has 11 heavy (non-hydrogen) atoms. The molecule has 0 aliphatic carbocycles. The van der Waals surface area contributed by atoms with E-state index in [4.69, 9.17) is 5.73 Å². The standard InChI is InChI=1S/C6H11N5/c1-2-3-8-5(7)6-9-4-10-11-6/h4H,2-3H2,1H3,(H2,7,8)(H,9,10,11). The fourth-order valence-corrected chi connectivity index (χ4v) is 0.636. The van der Waals surface area contributed by atoms with Crippen LogP contribution in [0.2, 0.25) is 0 Å². The van der Waals surface area contributed by atoms with Gasteiger partial charge in [-0.25, -0.2) is 4.98 Å². The summed E-state index contributed by atoms with van der Waals surface area (Å²) in [4.78, 5) is 7.89. The van der Waals surface area contributed by atoms with Gasteiger partial charge in [-0.1, -0.05) is 6.92 Å². The number of nitrogens with one attached hydrogen (secondary N) is 1. The number of aliphatic imine (C=N–C) groups is 1. The number of hydrogen-bond donors (Lipinski definition) is 2. The summed E-state index contributed by atoms with van der Waals surface area (Å²) in [6.45, 7) is 2.77. The van der Waals surface area contributed by atoms with Crippen LogP contribution in [0.15, 0.2) is 11.3 Å². The Labute approximate surface area is 64.7 Å². The molecule has 5 heteroatoms. The van der Waals surface area contributed by atoms with Crippen LogP contribution >= 0.6 is 0 Å². The first kappa shape index (κ1) is 7.71. The summed E-state index contributed by atoms with van der Waals surface area (Å²) in [6, 6.07) is 0. The average Bonchev–Trinajstić information content (AvgIpc) is 2.52. The molecule has 3 N–H and O–H groups in total. The number of nitrogens with two attached hydrogens (primary N) is 1. The Balaban J connectivity index is 2.62. The molecule has 0 saturated heterocycles. The number of rotatable bonds is 3. The molecule has 0 atom stereocenters. The number of H-pyrrole nitrogens is 1. The van der Waals surface area contributed by atoms with Crippen LogP contribution in [0.5, 0.6) is 0 Å². The smallest absolute Gasteiger partial charge is 0.190 e. The summed E-state index contributed by atoms with van der Waals surface area (Å²) < 4.78 is 0. The molecular formula is C6H11N5. The minimum Gasteiger partial charge on any atom is -0.381 e. The van der Waals surface area contributed by atoms with Crippen molar-refractivity contribution in [2.75, 3.05) is 6.54 Å². The molecule has 0 bridgehead atoms. The van der Waals surface area contributed by atoms with Gasteiger partial charge in [0.05, 0.1) is 0 Å². The Morgan fingerprint density at radius 2 is 2.64 bits per heavy atom. The monoisotopic (exact) mass is 153 g/mol. The van der Waals surface area contributed by atoms with Crippen LogP contribution in [0.25, 0.3) is 0 Å². The Morgan fingerprint density at radius 1 is 1.82 bits per heavy atom. The molecule has 0 aromatic carbocycles. The number of hydrogen-bond acceptors (Lipinski definition) is 3. The van der Waals surface area contributed by atoms with Crippen molar-refractivity contribution in [2.45, 2.75) is 13.3 Å². The Kier molecular flexibility index (Phi) is 2.59. The van der Waals surface area contributed by atoms with E-state index in [0.29, 0.717) is 11.7 Å². The van der Waals surface area contributed by atoms with Crippen molar-refractivity contribution in [1.29, 1.82) is 0 Å². The molecule has 1 aromatic rings. The predicted molar refractivity (Wildman–Crippen MR) is 42.3 cm³/mol. The summed E-state index contributed by atoms with van der Waals surface area (Å²) in [7, 11) is 0. The summed E-state index contributed by atoms with van der Waals surface area (Å²) in [5.41, 5.74) is 5.54. The van der Waals surface area contributed by atoms with Gasteiger partial charge in [0.1, 0.15) is 6.33 Å². The third-order valence-electron chi connectivity index (χ3n) is 1.16. The van der Waals surface area contributed by atoms with Crippen LogP contribution in [0.4, 0.5) is 0 Å². The molecule has 5 nitrogen and oxygen atoms in total. The third kappa shape index (κ3) is 2.03. The lowest BCUT2D eigenvalue weighted by molar-refractivity contribution is 0.926. The van der Waals surface area contributed by atoms with Crippen LogP contribution in [-0.4, -0.2) is 27.6 Å². The molecule has 0 amide bonds. The van der Waals surface area contributed by atoms with E-state index in [0.717, 1.165) is 13.0 Å². The lowest BCUT2D eigenvalue weighted by Crippen LogP contribution is -2.15. The maximum absolute atomic E-state index is 5.54. The van der Waals surface area contributed by atoms with Crippen molar-refractivity contribution in [3.63, 3.8) is 0 Å². The predicted octanol–water partition coefficient (Wildman–Crippen LogP) is -0.0800. The molecule has 60 valence electrons. The van der Waals surface area contributed by atoms with Crippen LogP contribution in [0, 0.1) is 0 Å². The zero-order valence-corrected chi connectivity index (χ0v) is 6.41. The summed E-state index contributed by atoms with van der Waals surface area (Å²) in [5.74, 6) is 0.961. The lowest BCUT2D eigenvalue weighted by atomic mass is 10.5. The highest BCUT2D eigenvalue weighted by Crippen LogP contribution is 1.86. The zero-order chi connectivity index (χ0) is 8.10. The SMILES string of the molecule is CCCN=C(N)c1ncn[nH]1. The van der Waals surface area contributed by atoms with Gasteiger partial charge in [-0.05, 0) is 6.42 Å². The number of aromatic amines is 1. The van der Waals surface area contributed by atoms with Gasteiger partial charge in [-0.3, -0.25) is 10.1 Å². The van der Waals surface area contributed by atoms with Crippen LogP contribution in [-0.2, 0) is 0 Å². The summed E-state index contributed by atoms with van der Waals surface area (Å²) in [6.07, 6.45) is 2.39. The van der Waals surface area contributed by atoms with Gasteiger partial charge in [0.15, 0.2) is 11.7 Å². The van der Waals surface area contributed by atoms with Gasteiger partial charge < -0.3 is 5.73 Å². The highest BCUT2D eigenvalue weighted by atomic mass is 15.2. The first-order valence-corrected chi connectivity index (χ1v) is 3.50.